The van der Waals surface area contributed by atoms with Crippen LogP contribution in [0, 0.1) is 0 Å². The van der Waals surface area contributed by atoms with Crippen LogP contribution < -0.4 is 19.5 Å². The molecule has 0 bridgehead atoms. The van der Waals surface area contributed by atoms with E-state index in [4.69, 9.17) is 9.47 Å². The number of carbonyl (C=O) groups is 1. The summed E-state index contributed by atoms with van der Waals surface area (Å²) in [6.45, 7) is -1.42. The molecule has 0 aliphatic carbocycles. The lowest BCUT2D eigenvalue weighted by Crippen LogP contribution is -2.40. The van der Waals surface area contributed by atoms with Crippen molar-refractivity contribution in [2.45, 2.75) is 16.3 Å². The lowest BCUT2D eigenvalue weighted by molar-refractivity contribution is 0.256. The van der Waals surface area contributed by atoms with Gasteiger partial charge in [0.1, 0.15) is 11.6 Å². The minimum Gasteiger partial charge on any atom is -0.481 e. The average molecular weight is 493 g/mol. The number of halogens is 1. The highest BCUT2D eigenvalue weighted by Crippen LogP contribution is 2.31. The molecule has 0 saturated heterocycles. The van der Waals surface area contributed by atoms with E-state index in [-0.39, 0.29) is 36.4 Å². The number of hydrogen-bond donors (Lipinski definition) is 2. The Morgan fingerprint density at radius 1 is 1.25 bits per heavy atom. The summed E-state index contributed by atoms with van der Waals surface area (Å²) in [4.78, 5) is 19.4. The maximum Gasteiger partial charge on any atom is 0.335 e. The third kappa shape index (κ3) is 4.44. The molecule has 3 rings (SSSR count). The predicted octanol–water partition coefficient (Wildman–Crippen LogP) is -0.746. The van der Waals surface area contributed by atoms with Crippen molar-refractivity contribution in [3.63, 3.8) is 0 Å². The fourth-order valence-corrected chi connectivity index (χ4v) is 6.51. The van der Waals surface area contributed by atoms with Gasteiger partial charge in [0.15, 0.2) is 5.03 Å². The van der Waals surface area contributed by atoms with Gasteiger partial charge in [-0.2, -0.15) is 27.8 Å². The van der Waals surface area contributed by atoms with Crippen LogP contribution in [-0.2, 0) is 33.5 Å². The standard InChI is InChI=1S/C15H20FN7O7S2/c1-22-13(12-9(20-22)4-6-23(7-5-16)32(12,27)28)31(25,26)21-15(24)19-14-17-10(29-2)8-11(18-14)30-3/h8H,4-7H2,1-3H3,(H2,17,18,19,21,24). The number of sulfonamides is 2. The highest BCUT2D eigenvalue weighted by atomic mass is 32.2. The van der Waals surface area contributed by atoms with Crippen LogP contribution >= 0.6 is 0 Å². The molecule has 0 radical (unpaired) electrons. The molecule has 3 heterocycles. The van der Waals surface area contributed by atoms with Crippen LogP contribution in [0.1, 0.15) is 5.69 Å². The summed E-state index contributed by atoms with van der Waals surface area (Å²) in [6, 6.07) is 0.0551. The van der Waals surface area contributed by atoms with Gasteiger partial charge in [-0.3, -0.25) is 10.00 Å². The molecule has 14 nitrogen and oxygen atoms in total. The van der Waals surface area contributed by atoms with Gasteiger partial charge < -0.3 is 9.47 Å². The van der Waals surface area contributed by atoms with Crippen LogP contribution in [0.5, 0.6) is 11.8 Å². The van der Waals surface area contributed by atoms with Crippen LogP contribution in [-0.4, -0.2) is 80.9 Å². The minimum absolute atomic E-state index is 0.00394. The number of fused-ring (bicyclic) bond motifs is 1. The molecule has 2 aromatic heterocycles. The number of methoxy groups -OCH3 is 2. The Morgan fingerprint density at radius 3 is 2.44 bits per heavy atom. The fourth-order valence-electron chi connectivity index (χ4n) is 3.03. The quantitative estimate of drug-likeness (QED) is 0.499. The largest absolute Gasteiger partial charge is 0.481 e. The molecule has 0 atom stereocenters. The van der Waals surface area contributed by atoms with Crippen LogP contribution in [0.25, 0.3) is 0 Å². The van der Waals surface area contributed by atoms with Crippen molar-refractivity contribution in [1.82, 2.24) is 28.8 Å². The molecular formula is C15H20FN7O7S2. The van der Waals surface area contributed by atoms with E-state index >= 15 is 0 Å². The Kier molecular flexibility index (Phi) is 6.51. The Balaban J connectivity index is 1.92. The zero-order valence-electron chi connectivity index (χ0n) is 17.2. The first-order valence-corrected chi connectivity index (χ1v) is 11.9. The normalized spacial score (nSPS) is 15.6. The lowest BCUT2D eigenvalue weighted by Gasteiger charge is -2.25. The number of rotatable bonds is 7. The van der Waals surface area contributed by atoms with E-state index in [1.807, 2.05) is 0 Å². The van der Waals surface area contributed by atoms with Gasteiger partial charge >= 0.3 is 6.03 Å². The summed E-state index contributed by atoms with van der Waals surface area (Å²) < 4.78 is 77.5. The van der Waals surface area contributed by atoms with Crippen LogP contribution in [0.2, 0.25) is 0 Å². The zero-order chi connectivity index (χ0) is 23.7. The number of hydrogen-bond acceptors (Lipinski definition) is 10. The minimum atomic E-state index is -4.73. The summed E-state index contributed by atoms with van der Waals surface area (Å²) in [5.74, 6) is -0.257. The first-order valence-electron chi connectivity index (χ1n) is 8.96. The first-order chi connectivity index (χ1) is 15.0. The van der Waals surface area contributed by atoms with E-state index in [2.05, 4.69) is 20.4 Å². The summed E-state index contributed by atoms with van der Waals surface area (Å²) in [5.41, 5.74) is 0.00394. The van der Waals surface area contributed by atoms with Crippen LogP contribution in [0.15, 0.2) is 16.0 Å². The van der Waals surface area contributed by atoms with Gasteiger partial charge in [0.2, 0.25) is 27.7 Å². The van der Waals surface area contributed by atoms with E-state index in [9.17, 15) is 26.0 Å². The number of nitrogens with zero attached hydrogens (tertiary/aromatic N) is 5. The van der Waals surface area contributed by atoms with Crippen molar-refractivity contribution in [3.8, 4) is 11.8 Å². The molecular weight excluding hydrogens is 473 g/mol. The SMILES string of the molecule is COc1cc(OC)nc(NC(=O)NS(=O)(=O)c2c3c(nn2C)CCN(CCF)S3(=O)=O)n1. The van der Waals surface area contributed by atoms with Gasteiger partial charge in [0.05, 0.1) is 26.0 Å². The summed E-state index contributed by atoms with van der Waals surface area (Å²) in [7, 11) is -5.23. The molecule has 2 amide bonds. The molecule has 0 aromatic carbocycles. The Morgan fingerprint density at radius 2 is 1.88 bits per heavy atom. The summed E-state index contributed by atoms with van der Waals surface area (Å²) in [5, 5.41) is 5.31. The number of carbonyl (C=O) groups excluding carboxylic acids is 1. The zero-order valence-corrected chi connectivity index (χ0v) is 18.8. The molecule has 32 heavy (non-hydrogen) atoms. The van der Waals surface area contributed by atoms with Gasteiger partial charge in [-0.15, -0.1) is 0 Å². The van der Waals surface area contributed by atoms with E-state index in [0.29, 0.717) is 0 Å². The number of ether oxygens (including phenoxy) is 2. The molecule has 1 aliphatic heterocycles. The second-order valence-corrected chi connectivity index (χ2v) is 9.86. The molecule has 2 N–H and O–H groups in total. The summed E-state index contributed by atoms with van der Waals surface area (Å²) >= 11 is 0. The van der Waals surface area contributed by atoms with Crippen molar-refractivity contribution < 1.29 is 35.5 Å². The molecule has 0 fully saturated rings. The topological polar surface area (TPSA) is 175 Å². The summed E-state index contributed by atoms with van der Waals surface area (Å²) in [6.07, 6.45) is 0.0849. The first kappa shape index (κ1) is 23.6. The van der Waals surface area contributed by atoms with Crippen molar-refractivity contribution in [2.24, 2.45) is 7.05 Å². The molecule has 0 saturated carbocycles. The van der Waals surface area contributed by atoms with Crippen molar-refractivity contribution >= 4 is 32.0 Å². The Labute approximate surface area is 182 Å². The molecule has 176 valence electrons. The van der Waals surface area contributed by atoms with Gasteiger partial charge in [0.25, 0.3) is 10.0 Å². The Bertz CT molecular complexity index is 1220. The van der Waals surface area contributed by atoms with E-state index in [1.165, 1.54) is 27.3 Å². The number of amides is 2. The number of aromatic nitrogens is 4. The third-order valence-electron chi connectivity index (χ3n) is 4.36. The van der Waals surface area contributed by atoms with E-state index in [1.54, 1.807) is 4.72 Å². The van der Waals surface area contributed by atoms with Crippen LogP contribution in [0.3, 0.4) is 0 Å². The second-order valence-electron chi connectivity index (χ2n) is 6.38. The molecule has 2 aromatic rings. The average Bonchev–Trinajstić information content (AvgIpc) is 3.07. The maximum absolute atomic E-state index is 12.9. The molecule has 1 aliphatic rings. The molecule has 0 spiro atoms. The fraction of sp³-hybridized carbons (Fsp3) is 0.467. The monoisotopic (exact) mass is 493 g/mol. The van der Waals surface area contributed by atoms with Gasteiger partial charge in [-0.1, -0.05) is 0 Å². The van der Waals surface area contributed by atoms with Crippen LogP contribution in [0.4, 0.5) is 15.1 Å². The predicted molar refractivity (Wildman–Crippen MR) is 106 cm³/mol. The highest BCUT2D eigenvalue weighted by molar-refractivity contribution is 7.92. The maximum atomic E-state index is 12.9. The number of nitrogens with one attached hydrogen (secondary N) is 2. The van der Waals surface area contributed by atoms with Gasteiger partial charge in [-0.25, -0.2) is 22.3 Å². The van der Waals surface area contributed by atoms with Crippen molar-refractivity contribution in [3.05, 3.63) is 11.8 Å². The number of aryl methyl sites for hydroxylation is 1. The number of urea groups is 1. The lowest BCUT2D eigenvalue weighted by atomic mass is 10.3. The van der Waals surface area contributed by atoms with Gasteiger partial charge in [-0.05, 0) is 0 Å². The Hall–Kier alpha value is -3.05. The van der Waals surface area contributed by atoms with Crippen molar-refractivity contribution in [2.75, 3.05) is 39.3 Å². The third-order valence-corrected chi connectivity index (χ3v) is 7.91. The molecule has 0 unspecified atom stereocenters. The number of anilines is 1. The van der Waals surface area contributed by atoms with E-state index in [0.717, 1.165) is 8.99 Å². The van der Waals surface area contributed by atoms with E-state index < -0.39 is 49.2 Å². The van der Waals surface area contributed by atoms with Crippen molar-refractivity contribution in [1.29, 1.82) is 0 Å². The highest BCUT2D eigenvalue weighted by Gasteiger charge is 2.41. The smallest absolute Gasteiger partial charge is 0.335 e. The molecule has 17 heteroatoms. The number of alkyl halides is 1. The second kappa shape index (κ2) is 8.83. The van der Waals surface area contributed by atoms with Gasteiger partial charge in [0, 0.05) is 26.6 Å².